The number of guanidine groups is 1. The maximum absolute atomic E-state index is 13.9. The molecule has 0 saturated heterocycles. The largest absolute Gasteiger partial charge is 0.491 e. The molecular formula is C21H28FN3O2. The average molecular weight is 373 g/mol. The average Bonchev–Trinajstić information content (AvgIpc) is 2.68. The van der Waals surface area contributed by atoms with E-state index in [2.05, 4.69) is 15.6 Å². The van der Waals surface area contributed by atoms with Crippen LogP contribution in [0, 0.1) is 5.82 Å². The van der Waals surface area contributed by atoms with Gasteiger partial charge in [0.25, 0.3) is 0 Å². The second-order valence-electron chi connectivity index (χ2n) is 6.03. The van der Waals surface area contributed by atoms with Gasteiger partial charge in [-0.05, 0) is 43.5 Å². The maximum Gasteiger partial charge on any atom is 0.191 e. The number of hydrogen-bond acceptors (Lipinski definition) is 3. The summed E-state index contributed by atoms with van der Waals surface area (Å²) >= 11 is 0. The molecule has 2 rings (SSSR count). The minimum Gasteiger partial charge on any atom is -0.491 e. The third-order valence-corrected chi connectivity index (χ3v) is 3.95. The number of hydrogen-bond donors (Lipinski definition) is 3. The molecule has 5 nitrogen and oxygen atoms in total. The number of aliphatic hydroxyl groups is 1. The number of nitrogens with one attached hydrogen (secondary N) is 2. The fourth-order valence-electron chi connectivity index (χ4n) is 2.60. The van der Waals surface area contributed by atoms with Gasteiger partial charge in [0.05, 0.1) is 19.3 Å². The molecule has 0 aliphatic rings. The van der Waals surface area contributed by atoms with Crippen molar-refractivity contribution in [3.63, 3.8) is 0 Å². The lowest BCUT2D eigenvalue weighted by Crippen LogP contribution is -2.38. The molecule has 1 unspecified atom stereocenters. The Kier molecular flexibility index (Phi) is 8.58. The summed E-state index contributed by atoms with van der Waals surface area (Å²) in [6, 6.07) is 14.4. The smallest absolute Gasteiger partial charge is 0.191 e. The molecule has 0 radical (unpaired) electrons. The van der Waals surface area contributed by atoms with E-state index in [0.717, 1.165) is 11.1 Å². The number of nitrogens with zero attached hydrogens (tertiary/aromatic N) is 1. The third-order valence-electron chi connectivity index (χ3n) is 3.95. The van der Waals surface area contributed by atoms with Crippen molar-refractivity contribution in [2.75, 3.05) is 19.7 Å². The first-order valence-corrected chi connectivity index (χ1v) is 9.30. The van der Waals surface area contributed by atoms with Crippen molar-refractivity contribution >= 4 is 5.96 Å². The minimum absolute atomic E-state index is 0.255. The third kappa shape index (κ3) is 6.90. The van der Waals surface area contributed by atoms with Gasteiger partial charge < -0.3 is 20.5 Å². The lowest BCUT2D eigenvalue weighted by molar-refractivity contribution is 0.168. The monoisotopic (exact) mass is 373 g/mol. The van der Waals surface area contributed by atoms with E-state index in [0.29, 0.717) is 38.6 Å². The normalized spacial score (nSPS) is 12.5. The molecule has 3 N–H and O–H groups in total. The summed E-state index contributed by atoms with van der Waals surface area (Å²) in [7, 11) is 0. The highest BCUT2D eigenvalue weighted by Crippen LogP contribution is 2.19. The van der Waals surface area contributed by atoms with Crippen LogP contribution in [-0.2, 0) is 6.54 Å². The van der Waals surface area contributed by atoms with Crippen LogP contribution < -0.4 is 15.4 Å². The lowest BCUT2D eigenvalue weighted by atomic mass is 10.1. The van der Waals surface area contributed by atoms with Crippen molar-refractivity contribution in [1.29, 1.82) is 0 Å². The molecule has 0 aliphatic carbocycles. The lowest BCUT2D eigenvalue weighted by Gasteiger charge is -2.14. The molecule has 0 heterocycles. The Balaban J connectivity index is 1.89. The summed E-state index contributed by atoms with van der Waals surface area (Å²) in [5.41, 5.74) is 1.66. The van der Waals surface area contributed by atoms with Crippen LogP contribution in [0.4, 0.5) is 4.39 Å². The van der Waals surface area contributed by atoms with E-state index < -0.39 is 6.10 Å². The second-order valence-corrected chi connectivity index (χ2v) is 6.03. The van der Waals surface area contributed by atoms with Crippen molar-refractivity contribution < 1.29 is 14.2 Å². The first-order valence-electron chi connectivity index (χ1n) is 9.30. The van der Waals surface area contributed by atoms with Gasteiger partial charge in [-0.15, -0.1) is 0 Å². The van der Waals surface area contributed by atoms with E-state index in [1.54, 1.807) is 12.1 Å². The van der Waals surface area contributed by atoms with Gasteiger partial charge in [0.2, 0.25) is 0 Å². The minimum atomic E-state index is -0.526. The number of aliphatic hydroxyl groups excluding tert-OH is 1. The number of benzene rings is 2. The highest BCUT2D eigenvalue weighted by molar-refractivity contribution is 5.79. The van der Waals surface area contributed by atoms with Gasteiger partial charge in [-0.1, -0.05) is 36.4 Å². The molecule has 0 aromatic heterocycles. The number of ether oxygens (including phenoxy) is 1. The van der Waals surface area contributed by atoms with Crippen molar-refractivity contribution in [3.05, 3.63) is 65.5 Å². The van der Waals surface area contributed by atoms with E-state index in [4.69, 9.17) is 4.74 Å². The van der Waals surface area contributed by atoms with E-state index in [-0.39, 0.29) is 11.6 Å². The summed E-state index contributed by atoms with van der Waals surface area (Å²) in [6.07, 6.45) is 0.0355. The zero-order valence-electron chi connectivity index (χ0n) is 15.9. The predicted octanol–water partition coefficient (Wildman–Crippen LogP) is 3.40. The zero-order chi connectivity index (χ0) is 19.5. The van der Waals surface area contributed by atoms with Gasteiger partial charge in [-0.25, -0.2) is 9.38 Å². The molecule has 0 bridgehead atoms. The Labute approximate surface area is 160 Å². The van der Waals surface area contributed by atoms with Gasteiger partial charge >= 0.3 is 0 Å². The Hall–Kier alpha value is -2.60. The predicted molar refractivity (Wildman–Crippen MR) is 106 cm³/mol. The molecular weight excluding hydrogens is 345 g/mol. The topological polar surface area (TPSA) is 65.9 Å². The first-order chi connectivity index (χ1) is 13.1. The molecule has 6 heteroatoms. The van der Waals surface area contributed by atoms with E-state index in [9.17, 15) is 9.50 Å². The van der Waals surface area contributed by atoms with Crippen LogP contribution in [0.3, 0.4) is 0 Å². The molecule has 0 aliphatic heterocycles. The summed E-state index contributed by atoms with van der Waals surface area (Å²) in [5, 5.41) is 16.6. The first kappa shape index (κ1) is 20.7. The Morgan fingerprint density at radius 2 is 1.93 bits per heavy atom. The molecule has 0 spiro atoms. The van der Waals surface area contributed by atoms with Crippen LogP contribution in [0.25, 0.3) is 0 Å². The van der Waals surface area contributed by atoms with Gasteiger partial charge in [-0.3, -0.25) is 0 Å². The van der Waals surface area contributed by atoms with E-state index in [1.807, 2.05) is 44.2 Å². The Bertz CT molecular complexity index is 723. The van der Waals surface area contributed by atoms with E-state index >= 15 is 0 Å². The van der Waals surface area contributed by atoms with Crippen molar-refractivity contribution in [2.24, 2.45) is 4.99 Å². The molecule has 2 aromatic rings. The van der Waals surface area contributed by atoms with Crippen LogP contribution in [-0.4, -0.2) is 30.8 Å². The van der Waals surface area contributed by atoms with Crippen LogP contribution >= 0.6 is 0 Å². The molecule has 0 amide bonds. The van der Waals surface area contributed by atoms with Crippen molar-refractivity contribution in [1.82, 2.24) is 10.6 Å². The van der Waals surface area contributed by atoms with Crippen molar-refractivity contribution in [3.8, 4) is 5.75 Å². The SMILES string of the molecule is CCNC(=NCc1ccc(OCC)c(F)c1)NCCC(O)c1ccccc1. The van der Waals surface area contributed by atoms with Crippen LogP contribution in [0.2, 0.25) is 0 Å². The van der Waals surface area contributed by atoms with Gasteiger partial charge in [0.15, 0.2) is 17.5 Å². The summed E-state index contributed by atoms with van der Waals surface area (Å²) in [4.78, 5) is 4.48. The van der Waals surface area contributed by atoms with Gasteiger partial charge in [0, 0.05) is 13.1 Å². The Morgan fingerprint density at radius 1 is 1.15 bits per heavy atom. The summed E-state index contributed by atoms with van der Waals surface area (Å²) in [6.45, 7) is 5.86. The van der Waals surface area contributed by atoms with E-state index in [1.165, 1.54) is 6.07 Å². The quantitative estimate of drug-likeness (QED) is 0.466. The summed E-state index contributed by atoms with van der Waals surface area (Å²) < 4.78 is 19.1. The molecule has 0 saturated carbocycles. The highest BCUT2D eigenvalue weighted by atomic mass is 19.1. The maximum atomic E-state index is 13.9. The van der Waals surface area contributed by atoms with Gasteiger partial charge in [-0.2, -0.15) is 0 Å². The molecule has 1 atom stereocenters. The van der Waals surface area contributed by atoms with Crippen LogP contribution in [0.5, 0.6) is 5.75 Å². The standard InChI is InChI=1S/C21H28FN3O2/c1-3-23-21(24-13-12-19(26)17-8-6-5-7-9-17)25-15-16-10-11-20(27-4-2)18(22)14-16/h5-11,14,19,26H,3-4,12-13,15H2,1-2H3,(H2,23,24,25). The fraction of sp³-hybridized carbons (Fsp3) is 0.381. The number of rotatable bonds is 9. The van der Waals surface area contributed by atoms with Crippen molar-refractivity contribution in [2.45, 2.75) is 32.9 Å². The van der Waals surface area contributed by atoms with Crippen LogP contribution in [0.1, 0.15) is 37.5 Å². The molecule has 146 valence electrons. The Morgan fingerprint density at radius 3 is 2.59 bits per heavy atom. The van der Waals surface area contributed by atoms with Crippen LogP contribution in [0.15, 0.2) is 53.5 Å². The number of halogens is 1. The van der Waals surface area contributed by atoms with Gasteiger partial charge in [0.1, 0.15) is 0 Å². The fourth-order valence-corrected chi connectivity index (χ4v) is 2.60. The molecule has 2 aromatic carbocycles. The second kappa shape index (κ2) is 11.2. The number of aliphatic imine (C=N–C) groups is 1. The molecule has 0 fully saturated rings. The zero-order valence-corrected chi connectivity index (χ0v) is 15.9. The summed E-state index contributed by atoms with van der Waals surface area (Å²) in [5.74, 6) is 0.505. The highest BCUT2D eigenvalue weighted by Gasteiger charge is 2.07. The molecule has 27 heavy (non-hydrogen) atoms.